The molecule has 0 bridgehead atoms. The van der Waals surface area contributed by atoms with E-state index >= 15 is 0 Å². The van der Waals surface area contributed by atoms with E-state index in [-0.39, 0.29) is 5.82 Å². The summed E-state index contributed by atoms with van der Waals surface area (Å²) in [5, 5.41) is 10.0. The molecule has 1 atom stereocenters. The van der Waals surface area contributed by atoms with Crippen LogP contribution in [0, 0.1) is 5.82 Å². The van der Waals surface area contributed by atoms with Crippen LogP contribution in [0.3, 0.4) is 0 Å². The number of hydrogen-bond acceptors (Lipinski definition) is 1. The molecule has 1 nitrogen and oxygen atoms in total. The van der Waals surface area contributed by atoms with E-state index in [2.05, 4.69) is 15.9 Å². The highest BCUT2D eigenvalue weighted by atomic mass is 79.9. The maximum Gasteiger partial charge on any atom is 0.129 e. The second kappa shape index (κ2) is 4.41. The van der Waals surface area contributed by atoms with Crippen LogP contribution in [0.25, 0.3) is 0 Å². The van der Waals surface area contributed by atoms with Crippen molar-refractivity contribution < 1.29 is 9.50 Å². The van der Waals surface area contributed by atoms with Crippen molar-refractivity contribution >= 4 is 15.9 Å². The van der Waals surface area contributed by atoms with Crippen molar-refractivity contribution in [1.29, 1.82) is 0 Å². The van der Waals surface area contributed by atoms with Gasteiger partial charge in [-0.05, 0) is 31.5 Å². The molecule has 0 saturated carbocycles. The normalized spacial score (nSPS) is 15.2. The molecule has 0 radical (unpaired) electrons. The van der Waals surface area contributed by atoms with Gasteiger partial charge in [-0.25, -0.2) is 4.39 Å². The molecule has 0 heterocycles. The molecule has 0 amide bonds. The molecule has 0 aliphatic rings. The van der Waals surface area contributed by atoms with Gasteiger partial charge in [0, 0.05) is 10.0 Å². The van der Waals surface area contributed by atoms with Crippen LogP contribution in [-0.4, -0.2) is 5.11 Å². The van der Waals surface area contributed by atoms with Gasteiger partial charge in [0.2, 0.25) is 0 Å². The van der Waals surface area contributed by atoms with Gasteiger partial charge in [-0.2, -0.15) is 0 Å². The Morgan fingerprint density at radius 2 is 2.14 bits per heavy atom. The third-order valence-corrected chi connectivity index (χ3v) is 2.74. The molecule has 1 aromatic carbocycles. The largest absolute Gasteiger partial charge is 0.385 e. The Labute approximate surface area is 92.1 Å². The number of aliphatic hydroxyl groups is 1. The zero-order valence-electron chi connectivity index (χ0n) is 8.35. The molecule has 0 saturated heterocycles. The number of rotatable bonds is 3. The van der Waals surface area contributed by atoms with Crippen LogP contribution in [0.15, 0.2) is 22.7 Å². The van der Waals surface area contributed by atoms with Crippen molar-refractivity contribution in [3.05, 3.63) is 34.1 Å². The van der Waals surface area contributed by atoms with Crippen LogP contribution in [0.4, 0.5) is 4.39 Å². The van der Waals surface area contributed by atoms with Crippen LogP contribution in [-0.2, 0) is 5.60 Å². The summed E-state index contributed by atoms with van der Waals surface area (Å²) in [5.74, 6) is -0.355. The highest BCUT2D eigenvalue weighted by Gasteiger charge is 2.25. The standard InChI is InChI=1S/C11H14BrFO/c1-3-6-11(2,14)9-7-8(12)4-5-10(9)13/h4-5,7,14H,3,6H2,1-2H3. The van der Waals surface area contributed by atoms with E-state index in [0.717, 1.165) is 10.9 Å². The third-order valence-electron chi connectivity index (χ3n) is 2.25. The lowest BCUT2D eigenvalue weighted by Crippen LogP contribution is -2.22. The van der Waals surface area contributed by atoms with E-state index in [1.54, 1.807) is 19.1 Å². The van der Waals surface area contributed by atoms with Gasteiger partial charge in [0.05, 0.1) is 5.60 Å². The molecular weight excluding hydrogens is 247 g/mol. The van der Waals surface area contributed by atoms with E-state index in [1.807, 2.05) is 6.92 Å². The molecule has 1 N–H and O–H groups in total. The van der Waals surface area contributed by atoms with Crippen LogP contribution >= 0.6 is 15.9 Å². The van der Waals surface area contributed by atoms with Crippen molar-refractivity contribution in [3.63, 3.8) is 0 Å². The maximum absolute atomic E-state index is 13.4. The summed E-state index contributed by atoms with van der Waals surface area (Å²) in [6, 6.07) is 4.62. The molecule has 78 valence electrons. The second-order valence-electron chi connectivity index (χ2n) is 3.65. The highest BCUT2D eigenvalue weighted by molar-refractivity contribution is 9.10. The van der Waals surface area contributed by atoms with Gasteiger partial charge in [0.1, 0.15) is 5.82 Å². The first-order valence-corrected chi connectivity index (χ1v) is 5.44. The maximum atomic E-state index is 13.4. The fourth-order valence-corrected chi connectivity index (χ4v) is 1.89. The molecule has 0 aromatic heterocycles. The van der Waals surface area contributed by atoms with Crippen molar-refractivity contribution in [3.8, 4) is 0 Å². The zero-order valence-corrected chi connectivity index (χ0v) is 9.94. The average molecular weight is 261 g/mol. The third kappa shape index (κ3) is 2.55. The molecule has 0 aliphatic carbocycles. The Kier molecular flexibility index (Phi) is 3.67. The van der Waals surface area contributed by atoms with Crippen LogP contribution in [0.2, 0.25) is 0 Å². The molecular formula is C11H14BrFO. The van der Waals surface area contributed by atoms with Gasteiger partial charge in [-0.15, -0.1) is 0 Å². The number of halogens is 2. The van der Waals surface area contributed by atoms with Crippen molar-refractivity contribution in [1.82, 2.24) is 0 Å². The minimum atomic E-state index is -1.08. The van der Waals surface area contributed by atoms with Gasteiger partial charge in [-0.1, -0.05) is 29.3 Å². The van der Waals surface area contributed by atoms with Crippen molar-refractivity contribution in [2.75, 3.05) is 0 Å². The predicted molar refractivity (Wildman–Crippen MR) is 58.6 cm³/mol. The summed E-state index contributed by atoms with van der Waals surface area (Å²) in [5.41, 5.74) is -0.725. The lowest BCUT2D eigenvalue weighted by Gasteiger charge is -2.23. The fraction of sp³-hybridized carbons (Fsp3) is 0.455. The van der Waals surface area contributed by atoms with E-state index in [1.165, 1.54) is 6.07 Å². The Balaban J connectivity index is 3.10. The first-order chi connectivity index (χ1) is 6.47. The summed E-state index contributed by atoms with van der Waals surface area (Å²) in [7, 11) is 0. The van der Waals surface area contributed by atoms with Crippen LogP contribution in [0.5, 0.6) is 0 Å². The molecule has 0 aliphatic heterocycles. The molecule has 0 fully saturated rings. The van der Waals surface area contributed by atoms with Gasteiger partial charge in [0.25, 0.3) is 0 Å². The second-order valence-corrected chi connectivity index (χ2v) is 4.56. The lowest BCUT2D eigenvalue weighted by atomic mass is 9.91. The predicted octanol–water partition coefficient (Wildman–Crippen LogP) is 3.60. The molecule has 1 unspecified atom stereocenters. The topological polar surface area (TPSA) is 20.2 Å². The zero-order chi connectivity index (χ0) is 10.8. The SMILES string of the molecule is CCCC(C)(O)c1cc(Br)ccc1F. The first kappa shape index (κ1) is 11.7. The Morgan fingerprint density at radius 1 is 1.50 bits per heavy atom. The number of benzene rings is 1. The minimum Gasteiger partial charge on any atom is -0.385 e. The average Bonchev–Trinajstić information content (AvgIpc) is 2.09. The molecule has 1 rings (SSSR count). The van der Waals surface area contributed by atoms with E-state index in [9.17, 15) is 9.50 Å². The fourth-order valence-electron chi connectivity index (χ4n) is 1.53. The van der Waals surface area contributed by atoms with Crippen LogP contribution < -0.4 is 0 Å². The van der Waals surface area contributed by atoms with E-state index < -0.39 is 5.60 Å². The Morgan fingerprint density at radius 3 is 2.71 bits per heavy atom. The Hall–Kier alpha value is -0.410. The van der Waals surface area contributed by atoms with Crippen molar-refractivity contribution in [2.45, 2.75) is 32.3 Å². The van der Waals surface area contributed by atoms with Gasteiger partial charge in [0.15, 0.2) is 0 Å². The van der Waals surface area contributed by atoms with E-state index in [4.69, 9.17) is 0 Å². The summed E-state index contributed by atoms with van der Waals surface area (Å²) in [4.78, 5) is 0. The quantitative estimate of drug-likeness (QED) is 0.881. The molecule has 1 aromatic rings. The molecule has 0 spiro atoms. The Bertz CT molecular complexity index is 323. The lowest BCUT2D eigenvalue weighted by molar-refractivity contribution is 0.0432. The van der Waals surface area contributed by atoms with Gasteiger partial charge >= 0.3 is 0 Å². The van der Waals surface area contributed by atoms with Crippen molar-refractivity contribution in [2.24, 2.45) is 0 Å². The minimum absolute atomic E-state index is 0.355. The van der Waals surface area contributed by atoms with Gasteiger partial charge < -0.3 is 5.11 Å². The summed E-state index contributed by atoms with van der Waals surface area (Å²) >= 11 is 3.26. The van der Waals surface area contributed by atoms with Gasteiger partial charge in [-0.3, -0.25) is 0 Å². The smallest absolute Gasteiger partial charge is 0.129 e. The van der Waals surface area contributed by atoms with E-state index in [0.29, 0.717) is 12.0 Å². The number of hydrogen-bond donors (Lipinski definition) is 1. The summed E-state index contributed by atoms with van der Waals surface area (Å²) < 4.78 is 14.2. The summed E-state index contributed by atoms with van der Waals surface area (Å²) in [6.45, 7) is 3.60. The molecule has 3 heteroatoms. The first-order valence-electron chi connectivity index (χ1n) is 4.65. The summed E-state index contributed by atoms with van der Waals surface area (Å²) in [6.07, 6.45) is 1.37. The highest BCUT2D eigenvalue weighted by Crippen LogP contribution is 2.30. The molecule has 14 heavy (non-hydrogen) atoms. The van der Waals surface area contributed by atoms with Crippen LogP contribution in [0.1, 0.15) is 32.3 Å². The monoisotopic (exact) mass is 260 g/mol.